The minimum Gasteiger partial charge on any atom is -0.489 e. The van der Waals surface area contributed by atoms with Crippen LogP contribution in [0.15, 0.2) is 72.8 Å². The summed E-state index contributed by atoms with van der Waals surface area (Å²) in [6.45, 7) is 2.55. The first kappa shape index (κ1) is 17.5. The van der Waals surface area contributed by atoms with Crippen molar-refractivity contribution in [1.82, 2.24) is 0 Å². The maximum atomic E-state index is 12.3. The zero-order chi connectivity index (χ0) is 17.6. The summed E-state index contributed by atoms with van der Waals surface area (Å²) in [5, 5.41) is 2.91. The van der Waals surface area contributed by atoms with Gasteiger partial charge in [-0.05, 0) is 77.0 Å². The van der Waals surface area contributed by atoms with Gasteiger partial charge in [0.05, 0.1) is 0 Å². The van der Waals surface area contributed by atoms with Gasteiger partial charge >= 0.3 is 0 Å². The minimum absolute atomic E-state index is 0.115. The highest BCUT2D eigenvalue weighted by atomic mass is 127. The predicted molar refractivity (Wildman–Crippen MR) is 109 cm³/mol. The van der Waals surface area contributed by atoms with Gasteiger partial charge in [-0.3, -0.25) is 4.79 Å². The Labute approximate surface area is 161 Å². The highest BCUT2D eigenvalue weighted by Gasteiger charge is 2.08. The van der Waals surface area contributed by atoms with Crippen molar-refractivity contribution in [3.8, 4) is 5.75 Å². The average molecular weight is 443 g/mol. The topological polar surface area (TPSA) is 38.3 Å². The van der Waals surface area contributed by atoms with E-state index in [4.69, 9.17) is 4.74 Å². The first-order valence-electron chi connectivity index (χ1n) is 7.96. The van der Waals surface area contributed by atoms with E-state index in [1.807, 2.05) is 79.7 Å². The van der Waals surface area contributed by atoms with Crippen molar-refractivity contribution in [2.24, 2.45) is 0 Å². The molecule has 0 radical (unpaired) electrons. The molecular formula is C21H18INO2. The molecule has 0 aliphatic carbocycles. The molecular weight excluding hydrogens is 425 g/mol. The summed E-state index contributed by atoms with van der Waals surface area (Å²) in [5.74, 6) is 0.655. The molecule has 0 aliphatic heterocycles. The van der Waals surface area contributed by atoms with Crippen LogP contribution in [-0.4, -0.2) is 5.91 Å². The van der Waals surface area contributed by atoms with Crippen LogP contribution in [0.5, 0.6) is 5.75 Å². The lowest BCUT2D eigenvalue weighted by molar-refractivity contribution is 0.102. The highest BCUT2D eigenvalue weighted by Crippen LogP contribution is 2.19. The number of rotatable bonds is 5. The van der Waals surface area contributed by atoms with Gasteiger partial charge in [0.2, 0.25) is 0 Å². The predicted octanol–water partition coefficient (Wildman–Crippen LogP) is 5.43. The van der Waals surface area contributed by atoms with Crippen LogP contribution in [0.1, 0.15) is 21.5 Å². The maximum Gasteiger partial charge on any atom is 0.255 e. The van der Waals surface area contributed by atoms with E-state index < -0.39 is 0 Å². The second-order valence-corrected chi connectivity index (χ2v) is 6.88. The molecule has 3 aromatic carbocycles. The average Bonchev–Trinajstić information content (AvgIpc) is 2.64. The van der Waals surface area contributed by atoms with Crippen LogP contribution >= 0.6 is 22.6 Å². The molecule has 0 saturated heterocycles. The SMILES string of the molecule is Cc1ccc(C(=O)Nc2ccc(OCc3ccccc3)cc2)cc1I. The molecule has 3 aromatic rings. The normalized spacial score (nSPS) is 10.3. The first-order chi connectivity index (χ1) is 12.1. The second kappa shape index (κ2) is 8.16. The van der Waals surface area contributed by atoms with E-state index in [-0.39, 0.29) is 5.91 Å². The van der Waals surface area contributed by atoms with Crippen LogP contribution in [0.2, 0.25) is 0 Å². The van der Waals surface area contributed by atoms with Crippen molar-refractivity contribution in [2.45, 2.75) is 13.5 Å². The number of benzene rings is 3. The van der Waals surface area contributed by atoms with Gasteiger partial charge < -0.3 is 10.1 Å². The smallest absolute Gasteiger partial charge is 0.255 e. The van der Waals surface area contributed by atoms with E-state index in [0.717, 1.165) is 26.1 Å². The van der Waals surface area contributed by atoms with Crippen LogP contribution in [0.3, 0.4) is 0 Å². The van der Waals surface area contributed by atoms with Gasteiger partial charge in [-0.2, -0.15) is 0 Å². The molecule has 25 heavy (non-hydrogen) atoms. The minimum atomic E-state index is -0.115. The molecule has 3 rings (SSSR count). The molecule has 0 fully saturated rings. The number of amides is 1. The fourth-order valence-corrected chi connectivity index (χ4v) is 2.83. The molecule has 0 bridgehead atoms. The zero-order valence-corrected chi connectivity index (χ0v) is 16.0. The Hall–Kier alpha value is -2.34. The Balaban J connectivity index is 1.60. The third kappa shape index (κ3) is 4.82. The number of halogens is 1. The van der Waals surface area contributed by atoms with Crippen molar-refractivity contribution >= 4 is 34.2 Å². The highest BCUT2D eigenvalue weighted by molar-refractivity contribution is 14.1. The van der Waals surface area contributed by atoms with Crippen molar-refractivity contribution in [1.29, 1.82) is 0 Å². The van der Waals surface area contributed by atoms with E-state index in [1.54, 1.807) is 0 Å². The zero-order valence-electron chi connectivity index (χ0n) is 13.8. The van der Waals surface area contributed by atoms with Crippen molar-refractivity contribution in [2.75, 3.05) is 5.32 Å². The fraction of sp³-hybridized carbons (Fsp3) is 0.0952. The molecule has 0 atom stereocenters. The van der Waals surface area contributed by atoms with Crippen molar-refractivity contribution in [3.05, 3.63) is 93.1 Å². The lowest BCUT2D eigenvalue weighted by Gasteiger charge is -2.09. The maximum absolute atomic E-state index is 12.3. The summed E-state index contributed by atoms with van der Waals surface area (Å²) >= 11 is 2.24. The van der Waals surface area contributed by atoms with Gasteiger partial charge in [-0.1, -0.05) is 36.4 Å². The molecule has 4 heteroatoms. The largest absolute Gasteiger partial charge is 0.489 e. The summed E-state index contributed by atoms with van der Waals surface area (Å²) in [4.78, 5) is 12.3. The lowest BCUT2D eigenvalue weighted by Crippen LogP contribution is -2.12. The van der Waals surface area contributed by atoms with Crippen LogP contribution in [-0.2, 0) is 6.61 Å². The van der Waals surface area contributed by atoms with Gasteiger partial charge in [0, 0.05) is 14.8 Å². The quantitative estimate of drug-likeness (QED) is 0.534. The lowest BCUT2D eigenvalue weighted by atomic mass is 10.1. The molecule has 0 unspecified atom stereocenters. The van der Waals surface area contributed by atoms with Gasteiger partial charge in [0.15, 0.2) is 0 Å². The monoisotopic (exact) mass is 443 g/mol. The van der Waals surface area contributed by atoms with Crippen LogP contribution in [0.25, 0.3) is 0 Å². The Morgan fingerprint density at radius 2 is 1.72 bits per heavy atom. The third-order valence-corrected chi connectivity index (χ3v) is 4.96. The summed E-state index contributed by atoms with van der Waals surface area (Å²) in [7, 11) is 0. The molecule has 0 heterocycles. The summed E-state index contributed by atoms with van der Waals surface area (Å²) in [6, 6.07) is 23.1. The van der Waals surface area contributed by atoms with E-state index in [9.17, 15) is 4.79 Å². The van der Waals surface area contributed by atoms with Gasteiger partial charge in [-0.15, -0.1) is 0 Å². The molecule has 0 spiro atoms. The Morgan fingerprint density at radius 1 is 1.00 bits per heavy atom. The van der Waals surface area contributed by atoms with Gasteiger partial charge in [0.25, 0.3) is 5.91 Å². The number of carbonyl (C=O) groups is 1. The summed E-state index contributed by atoms with van der Waals surface area (Å²) in [5.41, 5.74) is 3.68. The summed E-state index contributed by atoms with van der Waals surface area (Å²) in [6.07, 6.45) is 0. The van der Waals surface area contributed by atoms with E-state index in [0.29, 0.717) is 12.2 Å². The molecule has 0 aliphatic rings. The van der Waals surface area contributed by atoms with Crippen LogP contribution in [0.4, 0.5) is 5.69 Å². The van der Waals surface area contributed by atoms with Crippen LogP contribution < -0.4 is 10.1 Å². The second-order valence-electron chi connectivity index (χ2n) is 5.72. The number of anilines is 1. The number of carbonyl (C=O) groups excluding carboxylic acids is 1. The molecule has 1 N–H and O–H groups in total. The van der Waals surface area contributed by atoms with Crippen molar-refractivity contribution in [3.63, 3.8) is 0 Å². The Bertz CT molecular complexity index is 861. The van der Waals surface area contributed by atoms with Gasteiger partial charge in [-0.25, -0.2) is 0 Å². The number of hydrogen-bond donors (Lipinski definition) is 1. The fourth-order valence-electron chi connectivity index (χ4n) is 2.31. The molecule has 1 amide bonds. The third-order valence-electron chi connectivity index (χ3n) is 3.79. The molecule has 126 valence electrons. The van der Waals surface area contributed by atoms with Gasteiger partial charge in [0.1, 0.15) is 12.4 Å². The first-order valence-corrected chi connectivity index (χ1v) is 9.04. The van der Waals surface area contributed by atoms with Crippen LogP contribution in [0, 0.1) is 10.5 Å². The number of aryl methyl sites for hydroxylation is 1. The summed E-state index contributed by atoms with van der Waals surface area (Å²) < 4.78 is 6.83. The molecule has 3 nitrogen and oxygen atoms in total. The standard InChI is InChI=1S/C21H18INO2/c1-15-7-8-17(13-20(15)22)21(24)23-18-9-11-19(12-10-18)25-14-16-5-3-2-4-6-16/h2-13H,14H2,1H3,(H,23,24). The molecule has 0 saturated carbocycles. The van der Waals surface area contributed by atoms with E-state index in [2.05, 4.69) is 27.9 Å². The number of ether oxygens (including phenoxy) is 1. The van der Waals surface area contributed by atoms with E-state index >= 15 is 0 Å². The van der Waals surface area contributed by atoms with Crippen molar-refractivity contribution < 1.29 is 9.53 Å². The number of nitrogens with one attached hydrogen (secondary N) is 1. The van der Waals surface area contributed by atoms with E-state index in [1.165, 1.54) is 0 Å². The molecule has 0 aromatic heterocycles. The Morgan fingerprint density at radius 3 is 2.40 bits per heavy atom. The number of hydrogen-bond acceptors (Lipinski definition) is 2. The Kier molecular flexibility index (Phi) is 5.71.